The van der Waals surface area contributed by atoms with Crippen LogP contribution in [0, 0.1) is 6.92 Å². The van der Waals surface area contributed by atoms with Gasteiger partial charge in [-0.15, -0.1) is 0 Å². The van der Waals surface area contributed by atoms with Gasteiger partial charge in [-0.1, -0.05) is 25.4 Å². The molecule has 5 nitrogen and oxygen atoms in total. The number of rotatable bonds is 10. The maximum atomic E-state index is 5.92. The van der Waals surface area contributed by atoms with Gasteiger partial charge >= 0.3 is 0 Å². The van der Waals surface area contributed by atoms with Crippen molar-refractivity contribution >= 4 is 17.5 Å². The summed E-state index contributed by atoms with van der Waals surface area (Å²) in [5, 5.41) is 4.05. The summed E-state index contributed by atoms with van der Waals surface area (Å²) in [6, 6.07) is 17.2. The Labute approximate surface area is 184 Å². The second kappa shape index (κ2) is 11.0. The Balaban J connectivity index is 1.63. The summed E-state index contributed by atoms with van der Waals surface area (Å²) in [4.78, 5) is 11.6. The van der Waals surface area contributed by atoms with Crippen LogP contribution in [-0.4, -0.2) is 41.0 Å². The van der Waals surface area contributed by atoms with E-state index in [1.165, 1.54) is 0 Å². The Kier molecular flexibility index (Phi) is 8.05. The van der Waals surface area contributed by atoms with Crippen LogP contribution >= 0.6 is 11.6 Å². The Bertz CT molecular complexity index is 925. The van der Waals surface area contributed by atoms with Crippen molar-refractivity contribution < 1.29 is 4.74 Å². The monoisotopic (exact) mass is 424 g/mol. The van der Waals surface area contributed by atoms with Crippen molar-refractivity contribution in [1.82, 2.24) is 14.9 Å². The topological polar surface area (TPSA) is 50.3 Å². The van der Waals surface area contributed by atoms with E-state index in [-0.39, 0.29) is 0 Å². The van der Waals surface area contributed by atoms with Crippen LogP contribution in [-0.2, 0) is 0 Å². The quantitative estimate of drug-likeness (QED) is 0.402. The summed E-state index contributed by atoms with van der Waals surface area (Å²) < 4.78 is 5.87. The fourth-order valence-electron chi connectivity index (χ4n) is 3.17. The molecule has 30 heavy (non-hydrogen) atoms. The Morgan fingerprint density at radius 3 is 2.20 bits per heavy atom. The SMILES string of the molecule is CCN(CC)CCCNc1nc(C)cc(-c2ccc(Oc3ccc(Cl)cc3)cc2)n1. The van der Waals surface area contributed by atoms with Crippen molar-refractivity contribution in [2.45, 2.75) is 27.2 Å². The lowest BCUT2D eigenvalue weighted by Crippen LogP contribution is -2.25. The van der Waals surface area contributed by atoms with Gasteiger partial charge in [0.2, 0.25) is 5.95 Å². The van der Waals surface area contributed by atoms with Crippen LogP contribution in [0.4, 0.5) is 5.95 Å². The first-order chi connectivity index (χ1) is 14.6. The lowest BCUT2D eigenvalue weighted by molar-refractivity contribution is 0.303. The number of nitrogens with one attached hydrogen (secondary N) is 1. The molecule has 0 aliphatic carbocycles. The van der Waals surface area contributed by atoms with Gasteiger partial charge in [-0.3, -0.25) is 0 Å². The highest BCUT2D eigenvalue weighted by molar-refractivity contribution is 6.30. The molecule has 1 aromatic heterocycles. The standard InChI is InChI=1S/C24H29ClN4O/c1-4-29(5-2)16-6-15-26-24-27-18(3)17-23(28-24)19-7-11-21(12-8-19)30-22-13-9-20(25)10-14-22/h7-14,17H,4-6,15-16H2,1-3H3,(H,26,27,28). The van der Waals surface area contributed by atoms with Crippen LogP contribution in [0.15, 0.2) is 54.6 Å². The van der Waals surface area contributed by atoms with E-state index in [1.807, 2.05) is 61.5 Å². The first kappa shape index (κ1) is 22.1. The van der Waals surface area contributed by atoms with Crippen LogP contribution in [0.25, 0.3) is 11.3 Å². The minimum atomic E-state index is 0.672. The molecule has 1 N–H and O–H groups in total. The fraction of sp³-hybridized carbons (Fsp3) is 0.333. The van der Waals surface area contributed by atoms with Gasteiger partial charge in [0, 0.05) is 22.8 Å². The summed E-state index contributed by atoms with van der Waals surface area (Å²) in [5.74, 6) is 2.19. The van der Waals surface area contributed by atoms with Gasteiger partial charge in [-0.05, 0) is 87.6 Å². The molecule has 158 valence electrons. The van der Waals surface area contributed by atoms with E-state index in [4.69, 9.17) is 21.3 Å². The average Bonchev–Trinajstić information content (AvgIpc) is 2.76. The van der Waals surface area contributed by atoms with Gasteiger partial charge in [-0.2, -0.15) is 0 Å². The molecule has 0 aliphatic rings. The minimum Gasteiger partial charge on any atom is -0.457 e. The van der Waals surface area contributed by atoms with Gasteiger partial charge in [0.25, 0.3) is 0 Å². The second-order valence-corrected chi connectivity index (χ2v) is 7.54. The molecule has 1 heterocycles. The van der Waals surface area contributed by atoms with Crippen molar-refractivity contribution in [1.29, 1.82) is 0 Å². The van der Waals surface area contributed by atoms with Crippen molar-refractivity contribution in [3.8, 4) is 22.8 Å². The molecule has 0 fully saturated rings. The number of benzene rings is 2. The number of nitrogens with zero attached hydrogens (tertiary/aromatic N) is 3. The van der Waals surface area contributed by atoms with Crippen LogP contribution in [0.5, 0.6) is 11.5 Å². The first-order valence-corrected chi connectivity index (χ1v) is 10.8. The van der Waals surface area contributed by atoms with E-state index < -0.39 is 0 Å². The smallest absolute Gasteiger partial charge is 0.223 e. The highest BCUT2D eigenvalue weighted by atomic mass is 35.5. The fourth-order valence-corrected chi connectivity index (χ4v) is 3.30. The number of hydrogen-bond donors (Lipinski definition) is 1. The van der Waals surface area contributed by atoms with Gasteiger partial charge in [0.05, 0.1) is 5.69 Å². The molecular formula is C24H29ClN4O. The summed E-state index contributed by atoms with van der Waals surface area (Å²) >= 11 is 5.92. The molecule has 6 heteroatoms. The van der Waals surface area contributed by atoms with Crippen LogP contribution in [0.3, 0.4) is 0 Å². The Morgan fingerprint density at radius 2 is 1.57 bits per heavy atom. The largest absolute Gasteiger partial charge is 0.457 e. The third kappa shape index (κ3) is 6.44. The van der Waals surface area contributed by atoms with E-state index in [0.717, 1.165) is 61.1 Å². The molecular weight excluding hydrogens is 396 g/mol. The lowest BCUT2D eigenvalue weighted by Gasteiger charge is -2.17. The molecule has 3 rings (SSSR count). The number of anilines is 1. The minimum absolute atomic E-state index is 0.672. The van der Waals surface area contributed by atoms with Gasteiger partial charge in [-0.25, -0.2) is 9.97 Å². The zero-order valence-electron chi connectivity index (χ0n) is 17.9. The number of ether oxygens (including phenoxy) is 1. The number of aromatic nitrogens is 2. The van der Waals surface area contributed by atoms with Gasteiger partial charge in [0.1, 0.15) is 11.5 Å². The summed E-state index contributed by atoms with van der Waals surface area (Å²) in [6.45, 7) is 10.5. The maximum absolute atomic E-state index is 5.92. The summed E-state index contributed by atoms with van der Waals surface area (Å²) in [7, 11) is 0. The van der Waals surface area contributed by atoms with Crippen LogP contribution in [0.2, 0.25) is 5.02 Å². The van der Waals surface area contributed by atoms with E-state index in [2.05, 4.69) is 29.0 Å². The molecule has 0 unspecified atom stereocenters. The molecule has 0 saturated carbocycles. The van der Waals surface area contributed by atoms with E-state index >= 15 is 0 Å². The molecule has 0 amide bonds. The number of halogens is 1. The van der Waals surface area contributed by atoms with Gasteiger partial charge in [0.15, 0.2) is 0 Å². The average molecular weight is 425 g/mol. The van der Waals surface area contributed by atoms with Crippen molar-refractivity contribution in [3.05, 3.63) is 65.3 Å². The number of hydrogen-bond acceptors (Lipinski definition) is 5. The van der Waals surface area contributed by atoms with Gasteiger partial charge < -0.3 is 15.0 Å². The third-order valence-corrected chi connectivity index (χ3v) is 5.13. The zero-order chi connectivity index (χ0) is 21.3. The van der Waals surface area contributed by atoms with Crippen molar-refractivity contribution in [3.63, 3.8) is 0 Å². The third-order valence-electron chi connectivity index (χ3n) is 4.88. The Morgan fingerprint density at radius 1 is 0.933 bits per heavy atom. The molecule has 2 aromatic carbocycles. The molecule has 0 bridgehead atoms. The van der Waals surface area contributed by atoms with E-state index in [1.54, 1.807) is 0 Å². The van der Waals surface area contributed by atoms with Crippen LogP contribution in [0.1, 0.15) is 26.0 Å². The van der Waals surface area contributed by atoms with Crippen LogP contribution < -0.4 is 10.1 Å². The first-order valence-electron chi connectivity index (χ1n) is 10.4. The summed E-state index contributed by atoms with van der Waals surface area (Å²) in [5.41, 5.74) is 2.86. The molecule has 0 spiro atoms. The predicted molar refractivity (Wildman–Crippen MR) is 125 cm³/mol. The molecule has 3 aromatic rings. The summed E-state index contributed by atoms with van der Waals surface area (Å²) in [6.07, 6.45) is 1.06. The molecule has 0 aliphatic heterocycles. The van der Waals surface area contributed by atoms with E-state index in [9.17, 15) is 0 Å². The zero-order valence-corrected chi connectivity index (χ0v) is 18.6. The van der Waals surface area contributed by atoms with E-state index in [0.29, 0.717) is 11.0 Å². The predicted octanol–water partition coefficient (Wildman–Crippen LogP) is 6.04. The lowest BCUT2D eigenvalue weighted by atomic mass is 10.1. The highest BCUT2D eigenvalue weighted by Crippen LogP contribution is 2.26. The van der Waals surface area contributed by atoms with Crippen molar-refractivity contribution in [2.75, 3.05) is 31.5 Å². The molecule has 0 radical (unpaired) electrons. The Hall–Kier alpha value is -2.63. The molecule has 0 saturated heterocycles. The highest BCUT2D eigenvalue weighted by Gasteiger charge is 2.06. The maximum Gasteiger partial charge on any atom is 0.223 e. The molecule has 0 atom stereocenters. The van der Waals surface area contributed by atoms with Crippen molar-refractivity contribution in [2.24, 2.45) is 0 Å². The normalized spacial score (nSPS) is 11.0. The second-order valence-electron chi connectivity index (χ2n) is 7.11. The number of aryl methyl sites for hydroxylation is 1.